The average molecular weight is 259 g/mol. The van der Waals surface area contributed by atoms with Crippen molar-refractivity contribution in [2.24, 2.45) is 7.05 Å². The normalized spacial score (nSPS) is 10.2. The van der Waals surface area contributed by atoms with Crippen molar-refractivity contribution in [2.45, 2.75) is 13.0 Å². The van der Waals surface area contributed by atoms with E-state index in [1.54, 1.807) is 13.3 Å². The van der Waals surface area contributed by atoms with E-state index >= 15 is 0 Å². The van der Waals surface area contributed by atoms with Gasteiger partial charge < -0.3 is 14.6 Å². The molecule has 0 atom stereocenters. The molecule has 0 aliphatic rings. The zero-order valence-corrected chi connectivity index (χ0v) is 11.1. The zero-order valence-electron chi connectivity index (χ0n) is 11.1. The maximum absolute atomic E-state index is 11.9. The Kier molecular flexibility index (Phi) is 4.18. The number of aromatic nitrogens is 2. The molecule has 5 heteroatoms. The minimum atomic E-state index is -0.0486. The SMILES string of the molecule is COc1ccccc1CC(=O)NCc1nccn1C. The van der Waals surface area contributed by atoms with E-state index in [2.05, 4.69) is 10.3 Å². The van der Waals surface area contributed by atoms with E-state index in [0.29, 0.717) is 13.0 Å². The fourth-order valence-electron chi connectivity index (χ4n) is 1.83. The standard InChI is InChI=1S/C14H17N3O2/c1-17-8-7-15-13(17)10-16-14(18)9-11-5-3-4-6-12(11)19-2/h3-8H,9-10H2,1-2H3,(H,16,18). The van der Waals surface area contributed by atoms with E-state index in [0.717, 1.165) is 17.1 Å². The molecule has 2 aromatic rings. The molecule has 0 radical (unpaired) electrons. The molecule has 0 spiro atoms. The smallest absolute Gasteiger partial charge is 0.224 e. The van der Waals surface area contributed by atoms with Crippen LogP contribution in [0.25, 0.3) is 0 Å². The van der Waals surface area contributed by atoms with E-state index in [-0.39, 0.29) is 5.91 Å². The molecule has 100 valence electrons. The highest BCUT2D eigenvalue weighted by Gasteiger charge is 2.08. The minimum absolute atomic E-state index is 0.0486. The second-order valence-electron chi connectivity index (χ2n) is 4.22. The number of para-hydroxylation sites is 1. The van der Waals surface area contributed by atoms with Gasteiger partial charge in [0.2, 0.25) is 5.91 Å². The van der Waals surface area contributed by atoms with Crippen LogP contribution >= 0.6 is 0 Å². The van der Waals surface area contributed by atoms with Crippen LogP contribution in [0.4, 0.5) is 0 Å². The Balaban J connectivity index is 1.93. The van der Waals surface area contributed by atoms with Crippen LogP contribution in [0.5, 0.6) is 5.75 Å². The van der Waals surface area contributed by atoms with Crippen LogP contribution in [0.3, 0.4) is 0 Å². The van der Waals surface area contributed by atoms with E-state index in [9.17, 15) is 4.79 Å². The Bertz CT molecular complexity index is 563. The first-order valence-electron chi connectivity index (χ1n) is 6.05. The Morgan fingerprint density at radius 1 is 1.42 bits per heavy atom. The lowest BCUT2D eigenvalue weighted by atomic mass is 10.1. The highest BCUT2D eigenvalue weighted by atomic mass is 16.5. The van der Waals surface area contributed by atoms with Gasteiger partial charge >= 0.3 is 0 Å². The molecule has 1 amide bonds. The number of ether oxygens (including phenoxy) is 1. The van der Waals surface area contributed by atoms with Gasteiger partial charge in [0, 0.05) is 25.0 Å². The number of rotatable bonds is 5. The van der Waals surface area contributed by atoms with Crippen molar-refractivity contribution in [3.8, 4) is 5.75 Å². The largest absolute Gasteiger partial charge is 0.496 e. The molecule has 1 aromatic carbocycles. The van der Waals surface area contributed by atoms with Crippen LogP contribution in [0.2, 0.25) is 0 Å². The van der Waals surface area contributed by atoms with Crippen LogP contribution in [-0.2, 0) is 24.8 Å². The Hall–Kier alpha value is -2.30. The molecule has 5 nitrogen and oxygen atoms in total. The number of nitrogens with zero attached hydrogens (tertiary/aromatic N) is 2. The summed E-state index contributed by atoms with van der Waals surface area (Å²) < 4.78 is 7.10. The first-order valence-corrected chi connectivity index (χ1v) is 6.05. The number of imidazole rings is 1. The number of hydrogen-bond donors (Lipinski definition) is 1. The van der Waals surface area contributed by atoms with Crippen LogP contribution in [0.15, 0.2) is 36.7 Å². The second-order valence-corrected chi connectivity index (χ2v) is 4.22. The van der Waals surface area contributed by atoms with Crippen molar-refractivity contribution in [2.75, 3.05) is 7.11 Å². The van der Waals surface area contributed by atoms with E-state index < -0.39 is 0 Å². The molecule has 0 aliphatic heterocycles. The molecule has 0 fully saturated rings. The summed E-state index contributed by atoms with van der Waals surface area (Å²) in [5.41, 5.74) is 0.877. The highest BCUT2D eigenvalue weighted by molar-refractivity contribution is 5.79. The first-order chi connectivity index (χ1) is 9.20. The Morgan fingerprint density at radius 2 is 2.21 bits per heavy atom. The predicted octanol–water partition coefficient (Wildman–Crippen LogP) is 1.29. The maximum atomic E-state index is 11.9. The number of nitrogens with one attached hydrogen (secondary N) is 1. The molecular weight excluding hydrogens is 242 g/mol. The fourth-order valence-corrected chi connectivity index (χ4v) is 1.83. The minimum Gasteiger partial charge on any atom is -0.496 e. The van der Waals surface area contributed by atoms with Gasteiger partial charge in [-0.1, -0.05) is 18.2 Å². The second kappa shape index (κ2) is 6.04. The predicted molar refractivity (Wildman–Crippen MR) is 71.8 cm³/mol. The third-order valence-corrected chi connectivity index (χ3v) is 2.91. The van der Waals surface area contributed by atoms with E-state index in [1.807, 2.05) is 42.1 Å². The zero-order chi connectivity index (χ0) is 13.7. The Labute approximate surface area is 112 Å². The van der Waals surface area contributed by atoms with E-state index in [1.165, 1.54) is 0 Å². The third kappa shape index (κ3) is 3.34. The molecule has 1 heterocycles. The van der Waals surface area contributed by atoms with Crippen molar-refractivity contribution in [3.63, 3.8) is 0 Å². The monoisotopic (exact) mass is 259 g/mol. The summed E-state index contributed by atoms with van der Waals surface area (Å²) in [6.07, 6.45) is 3.86. The number of hydrogen-bond acceptors (Lipinski definition) is 3. The van der Waals surface area contributed by atoms with Crippen molar-refractivity contribution in [1.29, 1.82) is 0 Å². The van der Waals surface area contributed by atoms with Gasteiger partial charge in [-0.15, -0.1) is 0 Å². The molecule has 0 aliphatic carbocycles. The fraction of sp³-hybridized carbons (Fsp3) is 0.286. The summed E-state index contributed by atoms with van der Waals surface area (Å²) >= 11 is 0. The van der Waals surface area contributed by atoms with Gasteiger partial charge in [0.25, 0.3) is 0 Å². The van der Waals surface area contributed by atoms with Crippen molar-refractivity contribution in [3.05, 3.63) is 48.0 Å². The van der Waals surface area contributed by atoms with Gasteiger partial charge in [-0.3, -0.25) is 4.79 Å². The lowest BCUT2D eigenvalue weighted by Gasteiger charge is -2.08. The molecule has 0 unspecified atom stereocenters. The van der Waals surface area contributed by atoms with Crippen LogP contribution in [0.1, 0.15) is 11.4 Å². The van der Waals surface area contributed by atoms with Crippen LogP contribution in [0, 0.1) is 0 Å². The average Bonchev–Trinajstić information content (AvgIpc) is 2.82. The molecule has 19 heavy (non-hydrogen) atoms. The summed E-state index contributed by atoms with van der Waals surface area (Å²) in [6.45, 7) is 0.428. The summed E-state index contributed by atoms with van der Waals surface area (Å²) in [5, 5.41) is 2.85. The van der Waals surface area contributed by atoms with Crippen molar-refractivity contribution < 1.29 is 9.53 Å². The molecule has 2 rings (SSSR count). The van der Waals surface area contributed by atoms with Crippen LogP contribution in [-0.4, -0.2) is 22.6 Å². The number of methoxy groups -OCH3 is 1. The topological polar surface area (TPSA) is 56.1 Å². The number of amides is 1. The van der Waals surface area contributed by atoms with Gasteiger partial charge in [0.15, 0.2) is 0 Å². The molecular formula is C14H17N3O2. The number of carbonyl (C=O) groups is 1. The quantitative estimate of drug-likeness (QED) is 0.880. The molecule has 0 saturated carbocycles. The maximum Gasteiger partial charge on any atom is 0.224 e. The van der Waals surface area contributed by atoms with Crippen LogP contribution < -0.4 is 10.1 Å². The molecule has 0 saturated heterocycles. The Morgan fingerprint density at radius 3 is 2.89 bits per heavy atom. The lowest BCUT2D eigenvalue weighted by molar-refractivity contribution is -0.120. The highest BCUT2D eigenvalue weighted by Crippen LogP contribution is 2.17. The molecule has 1 N–H and O–H groups in total. The molecule has 0 bridgehead atoms. The van der Waals surface area contributed by atoms with Gasteiger partial charge in [-0.2, -0.15) is 0 Å². The summed E-state index contributed by atoms with van der Waals surface area (Å²) in [7, 11) is 3.50. The first kappa shape index (κ1) is 13.1. The summed E-state index contributed by atoms with van der Waals surface area (Å²) in [5.74, 6) is 1.51. The van der Waals surface area contributed by atoms with Crippen molar-refractivity contribution in [1.82, 2.24) is 14.9 Å². The summed E-state index contributed by atoms with van der Waals surface area (Å²) in [6, 6.07) is 7.51. The van der Waals surface area contributed by atoms with Gasteiger partial charge in [-0.25, -0.2) is 4.98 Å². The number of carbonyl (C=O) groups excluding carboxylic acids is 1. The summed E-state index contributed by atoms with van der Waals surface area (Å²) in [4.78, 5) is 16.0. The van der Waals surface area contributed by atoms with E-state index in [4.69, 9.17) is 4.74 Å². The lowest BCUT2D eigenvalue weighted by Crippen LogP contribution is -2.26. The molecule has 1 aromatic heterocycles. The number of benzene rings is 1. The van der Waals surface area contributed by atoms with Gasteiger partial charge in [-0.05, 0) is 6.07 Å². The van der Waals surface area contributed by atoms with Gasteiger partial charge in [0.1, 0.15) is 11.6 Å². The van der Waals surface area contributed by atoms with Crippen molar-refractivity contribution >= 4 is 5.91 Å². The van der Waals surface area contributed by atoms with Gasteiger partial charge in [0.05, 0.1) is 20.1 Å². The third-order valence-electron chi connectivity index (χ3n) is 2.91. The number of aryl methyl sites for hydroxylation is 1.